The first-order chi connectivity index (χ1) is 8.66. The molecule has 0 saturated carbocycles. The van der Waals surface area contributed by atoms with E-state index in [4.69, 9.17) is 0 Å². The van der Waals surface area contributed by atoms with Crippen LogP contribution in [0.2, 0.25) is 0 Å². The summed E-state index contributed by atoms with van der Waals surface area (Å²) >= 11 is 3.45. The second-order valence-corrected chi connectivity index (χ2v) is 5.52. The summed E-state index contributed by atoms with van der Waals surface area (Å²) in [5, 5.41) is 0. The van der Waals surface area contributed by atoms with Gasteiger partial charge in [-0.25, -0.2) is 4.98 Å². The van der Waals surface area contributed by atoms with Gasteiger partial charge in [-0.1, -0.05) is 28.1 Å². The van der Waals surface area contributed by atoms with Gasteiger partial charge >= 0.3 is 0 Å². The molecular weight excluding hydrogens is 290 g/mol. The molecule has 0 radical (unpaired) electrons. The molecule has 2 aromatic rings. The molecule has 0 aliphatic carbocycles. The van der Waals surface area contributed by atoms with Crippen LogP contribution in [0.4, 0.5) is 0 Å². The summed E-state index contributed by atoms with van der Waals surface area (Å²) < 4.78 is 3.31. The van der Waals surface area contributed by atoms with Crippen molar-refractivity contribution in [2.45, 2.75) is 13.0 Å². The molecule has 0 spiro atoms. The summed E-state index contributed by atoms with van der Waals surface area (Å²) in [6, 6.07) is 8.28. The first kappa shape index (κ1) is 13.3. The predicted molar refractivity (Wildman–Crippen MR) is 78.5 cm³/mol. The van der Waals surface area contributed by atoms with Gasteiger partial charge in [0.05, 0.1) is 0 Å². The topological polar surface area (TPSA) is 21.1 Å². The fourth-order valence-electron chi connectivity index (χ4n) is 1.91. The van der Waals surface area contributed by atoms with Crippen LogP contribution in [0.25, 0.3) is 11.4 Å². The highest BCUT2D eigenvalue weighted by atomic mass is 79.9. The van der Waals surface area contributed by atoms with Crippen molar-refractivity contribution < 1.29 is 0 Å². The minimum Gasteiger partial charge on any atom is -0.331 e. The van der Waals surface area contributed by atoms with Gasteiger partial charge < -0.3 is 9.47 Å². The summed E-state index contributed by atoms with van der Waals surface area (Å²) in [6.45, 7) is 2.10. The Morgan fingerprint density at radius 1 is 1.22 bits per heavy atom. The molecule has 1 heterocycles. The van der Waals surface area contributed by atoms with E-state index in [-0.39, 0.29) is 0 Å². The number of nitrogens with zero attached hydrogens (tertiary/aromatic N) is 3. The maximum absolute atomic E-state index is 4.45. The lowest BCUT2D eigenvalue weighted by Crippen LogP contribution is -2.15. The second-order valence-electron chi connectivity index (χ2n) is 4.61. The first-order valence-corrected chi connectivity index (χ1v) is 6.88. The number of benzene rings is 1. The van der Waals surface area contributed by atoms with Crippen LogP contribution in [-0.2, 0) is 6.54 Å². The molecule has 0 saturated heterocycles. The van der Waals surface area contributed by atoms with E-state index in [0.29, 0.717) is 0 Å². The Labute approximate surface area is 117 Å². The molecule has 0 aliphatic rings. The number of rotatable bonds is 5. The van der Waals surface area contributed by atoms with Crippen molar-refractivity contribution in [2.75, 3.05) is 20.6 Å². The lowest BCUT2D eigenvalue weighted by atomic mass is 10.2. The third kappa shape index (κ3) is 3.43. The Morgan fingerprint density at radius 3 is 2.61 bits per heavy atom. The zero-order valence-corrected chi connectivity index (χ0v) is 12.4. The molecule has 1 aromatic heterocycles. The molecule has 1 aromatic carbocycles. The van der Waals surface area contributed by atoms with Crippen LogP contribution >= 0.6 is 15.9 Å². The van der Waals surface area contributed by atoms with Crippen molar-refractivity contribution in [3.05, 3.63) is 41.1 Å². The first-order valence-electron chi connectivity index (χ1n) is 6.08. The SMILES string of the molecule is CN(C)CCCn1ccnc1-c1ccc(Br)cc1. The van der Waals surface area contributed by atoms with Crippen LogP contribution in [0.15, 0.2) is 41.1 Å². The molecular formula is C14H18BrN3. The lowest BCUT2D eigenvalue weighted by molar-refractivity contribution is 0.387. The minimum absolute atomic E-state index is 1.00. The van der Waals surface area contributed by atoms with Gasteiger partial charge in [0, 0.05) is 29.0 Å². The van der Waals surface area contributed by atoms with Gasteiger partial charge in [0.15, 0.2) is 0 Å². The fraction of sp³-hybridized carbons (Fsp3) is 0.357. The van der Waals surface area contributed by atoms with Gasteiger partial charge in [0.25, 0.3) is 0 Å². The Kier molecular flexibility index (Phi) is 4.55. The average molecular weight is 308 g/mol. The molecule has 96 valence electrons. The van der Waals surface area contributed by atoms with Crippen molar-refractivity contribution in [1.82, 2.24) is 14.5 Å². The van der Waals surface area contributed by atoms with Crippen molar-refractivity contribution in [3.63, 3.8) is 0 Å². The Morgan fingerprint density at radius 2 is 1.94 bits per heavy atom. The Bertz CT molecular complexity index is 488. The van der Waals surface area contributed by atoms with Crippen LogP contribution < -0.4 is 0 Å². The van der Waals surface area contributed by atoms with Gasteiger partial charge in [0.2, 0.25) is 0 Å². The molecule has 0 N–H and O–H groups in total. The normalized spacial score (nSPS) is 11.1. The van der Waals surface area contributed by atoms with E-state index in [9.17, 15) is 0 Å². The maximum Gasteiger partial charge on any atom is 0.139 e. The molecule has 3 nitrogen and oxygen atoms in total. The number of aryl methyl sites for hydroxylation is 1. The number of halogens is 1. The van der Waals surface area contributed by atoms with Crippen LogP contribution in [0, 0.1) is 0 Å². The lowest BCUT2D eigenvalue weighted by Gasteiger charge is -2.11. The van der Waals surface area contributed by atoms with Crippen LogP contribution in [-0.4, -0.2) is 35.1 Å². The smallest absolute Gasteiger partial charge is 0.139 e. The Hall–Kier alpha value is -1.13. The summed E-state index contributed by atoms with van der Waals surface area (Å²) in [6.07, 6.45) is 5.05. The summed E-state index contributed by atoms with van der Waals surface area (Å²) in [5.74, 6) is 1.04. The van der Waals surface area contributed by atoms with Crippen molar-refractivity contribution >= 4 is 15.9 Å². The number of imidazole rings is 1. The molecule has 18 heavy (non-hydrogen) atoms. The van der Waals surface area contributed by atoms with Gasteiger partial charge in [-0.05, 0) is 39.2 Å². The summed E-state index contributed by atoms with van der Waals surface area (Å²) in [4.78, 5) is 6.65. The molecule has 0 amide bonds. The van der Waals surface area contributed by atoms with Crippen LogP contribution in [0.1, 0.15) is 6.42 Å². The summed E-state index contributed by atoms with van der Waals surface area (Å²) in [7, 11) is 4.20. The number of hydrogen-bond acceptors (Lipinski definition) is 2. The zero-order valence-electron chi connectivity index (χ0n) is 10.8. The molecule has 4 heteroatoms. The van der Waals surface area contributed by atoms with E-state index in [1.165, 1.54) is 0 Å². The molecule has 0 aliphatic heterocycles. The summed E-state index contributed by atoms with van der Waals surface area (Å²) in [5.41, 5.74) is 1.16. The van der Waals surface area contributed by atoms with E-state index in [1.807, 2.05) is 24.5 Å². The standard InChI is InChI=1S/C14H18BrN3/c1-17(2)9-3-10-18-11-8-16-14(18)12-4-6-13(15)7-5-12/h4-8,11H,3,9-10H2,1-2H3. The monoisotopic (exact) mass is 307 g/mol. The average Bonchev–Trinajstić information content (AvgIpc) is 2.78. The highest BCUT2D eigenvalue weighted by molar-refractivity contribution is 9.10. The molecule has 0 atom stereocenters. The zero-order chi connectivity index (χ0) is 13.0. The molecule has 2 rings (SSSR count). The van der Waals surface area contributed by atoms with Gasteiger partial charge in [-0.2, -0.15) is 0 Å². The van der Waals surface area contributed by atoms with E-state index in [1.54, 1.807) is 0 Å². The fourth-order valence-corrected chi connectivity index (χ4v) is 2.17. The quantitative estimate of drug-likeness (QED) is 0.845. The number of aromatic nitrogens is 2. The molecule has 0 bridgehead atoms. The van der Waals surface area contributed by atoms with Crippen molar-refractivity contribution in [2.24, 2.45) is 0 Å². The van der Waals surface area contributed by atoms with Gasteiger partial charge in [0.1, 0.15) is 5.82 Å². The Balaban J connectivity index is 2.10. The van der Waals surface area contributed by atoms with Gasteiger partial charge in [-0.3, -0.25) is 0 Å². The van der Waals surface area contributed by atoms with Gasteiger partial charge in [-0.15, -0.1) is 0 Å². The maximum atomic E-state index is 4.45. The van der Waals surface area contributed by atoms with Crippen LogP contribution in [0.3, 0.4) is 0 Å². The van der Waals surface area contributed by atoms with E-state index < -0.39 is 0 Å². The van der Waals surface area contributed by atoms with Crippen molar-refractivity contribution in [1.29, 1.82) is 0 Å². The highest BCUT2D eigenvalue weighted by Gasteiger charge is 2.05. The largest absolute Gasteiger partial charge is 0.331 e. The van der Waals surface area contributed by atoms with Crippen molar-refractivity contribution in [3.8, 4) is 11.4 Å². The number of hydrogen-bond donors (Lipinski definition) is 0. The third-order valence-electron chi connectivity index (χ3n) is 2.82. The minimum atomic E-state index is 1.00. The van der Waals surface area contributed by atoms with Crippen LogP contribution in [0.5, 0.6) is 0 Å². The second kappa shape index (κ2) is 6.16. The predicted octanol–water partition coefficient (Wildman–Crippen LogP) is 3.26. The van der Waals surface area contributed by atoms with E-state index in [2.05, 4.69) is 56.6 Å². The molecule has 0 fully saturated rings. The van der Waals surface area contributed by atoms with E-state index in [0.717, 1.165) is 35.4 Å². The third-order valence-corrected chi connectivity index (χ3v) is 3.35. The molecule has 0 unspecified atom stereocenters. The highest BCUT2D eigenvalue weighted by Crippen LogP contribution is 2.20. The van der Waals surface area contributed by atoms with E-state index >= 15 is 0 Å².